The highest BCUT2D eigenvalue weighted by atomic mass is 16.2. The van der Waals surface area contributed by atoms with Crippen LogP contribution in [0.5, 0.6) is 0 Å². The Morgan fingerprint density at radius 3 is 2.16 bits per heavy atom. The summed E-state index contributed by atoms with van der Waals surface area (Å²) in [5, 5.41) is 0. The largest absolute Gasteiger partial charge is 0.339 e. The second kappa shape index (κ2) is 6.05. The normalized spacial score (nSPS) is 14.6. The van der Waals surface area contributed by atoms with Crippen LogP contribution in [0, 0.1) is 11.8 Å². The SMILES string of the molecule is CC(=O)N1CCN(C(=O)C#Cc2ccccc2)CC1. The third-order valence-corrected chi connectivity index (χ3v) is 3.10. The molecule has 1 aliphatic heterocycles. The highest BCUT2D eigenvalue weighted by Crippen LogP contribution is 2.02. The van der Waals surface area contributed by atoms with Gasteiger partial charge in [0.25, 0.3) is 5.91 Å². The molecular weight excluding hydrogens is 240 g/mol. The molecule has 0 spiro atoms. The van der Waals surface area contributed by atoms with E-state index >= 15 is 0 Å². The maximum absolute atomic E-state index is 11.9. The molecule has 2 rings (SSSR count). The summed E-state index contributed by atoms with van der Waals surface area (Å²) >= 11 is 0. The van der Waals surface area contributed by atoms with Crippen LogP contribution in [0.3, 0.4) is 0 Å². The van der Waals surface area contributed by atoms with Gasteiger partial charge in [0, 0.05) is 44.6 Å². The van der Waals surface area contributed by atoms with Crippen molar-refractivity contribution < 1.29 is 9.59 Å². The van der Waals surface area contributed by atoms with Gasteiger partial charge in [0.2, 0.25) is 5.91 Å². The standard InChI is InChI=1S/C15H16N2O2/c1-13(18)16-9-11-17(12-10-16)15(19)8-7-14-5-3-2-4-6-14/h2-6H,9-12H2,1H3. The predicted molar refractivity (Wildman–Crippen MR) is 72.2 cm³/mol. The summed E-state index contributed by atoms with van der Waals surface area (Å²) in [4.78, 5) is 26.5. The third kappa shape index (κ3) is 3.59. The third-order valence-electron chi connectivity index (χ3n) is 3.10. The zero-order chi connectivity index (χ0) is 13.7. The van der Waals surface area contributed by atoms with Gasteiger partial charge in [-0.2, -0.15) is 0 Å². The quantitative estimate of drug-likeness (QED) is 0.642. The van der Waals surface area contributed by atoms with E-state index in [4.69, 9.17) is 0 Å². The van der Waals surface area contributed by atoms with Crippen LogP contribution < -0.4 is 0 Å². The summed E-state index contributed by atoms with van der Waals surface area (Å²) in [5.74, 6) is 5.38. The summed E-state index contributed by atoms with van der Waals surface area (Å²) in [6.45, 7) is 3.85. The fraction of sp³-hybridized carbons (Fsp3) is 0.333. The lowest BCUT2D eigenvalue weighted by molar-refractivity contribution is -0.135. The molecule has 0 N–H and O–H groups in total. The van der Waals surface area contributed by atoms with Crippen molar-refractivity contribution in [1.29, 1.82) is 0 Å². The summed E-state index contributed by atoms with van der Waals surface area (Å²) < 4.78 is 0. The molecule has 1 saturated heterocycles. The molecule has 0 unspecified atom stereocenters. The molecule has 1 aliphatic rings. The lowest BCUT2D eigenvalue weighted by atomic mass is 10.2. The van der Waals surface area contributed by atoms with Crippen LogP contribution in [0.4, 0.5) is 0 Å². The first-order valence-electron chi connectivity index (χ1n) is 6.28. The molecule has 4 nitrogen and oxygen atoms in total. The van der Waals surface area contributed by atoms with Crippen molar-refractivity contribution in [3.8, 4) is 11.8 Å². The van der Waals surface area contributed by atoms with Crippen molar-refractivity contribution >= 4 is 11.8 Å². The minimum absolute atomic E-state index is 0.0578. The Labute approximate surface area is 113 Å². The predicted octanol–water partition coefficient (Wildman–Crippen LogP) is 0.729. The lowest BCUT2D eigenvalue weighted by Crippen LogP contribution is -2.49. The Morgan fingerprint density at radius 1 is 1.00 bits per heavy atom. The van der Waals surface area contributed by atoms with Gasteiger partial charge in [-0.05, 0) is 12.1 Å². The zero-order valence-electron chi connectivity index (χ0n) is 10.9. The summed E-state index contributed by atoms with van der Waals surface area (Å²) in [5.41, 5.74) is 0.832. The molecule has 1 heterocycles. The highest BCUT2D eigenvalue weighted by Gasteiger charge is 2.20. The summed E-state index contributed by atoms with van der Waals surface area (Å²) in [6, 6.07) is 9.43. The Morgan fingerprint density at radius 2 is 1.58 bits per heavy atom. The number of amides is 2. The molecule has 1 aromatic rings. The number of carbonyl (C=O) groups excluding carboxylic acids is 2. The molecule has 98 valence electrons. The van der Waals surface area contributed by atoms with Crippen molar-refractivity contribution in [2.75, 3.05) is 26.2 Å². The topological polar surface area (TPSA) is 40.6 Å². The van der Waals surface area contributed by atoms with Gasteiger partial charge in [-0.3, -0.25) is 9.59 Å². The van der Waals surface area contributed by atoms with E-state index in [9.17, 15) is 9.59 Å². The average Bonchev–Trinajstić information content (AvgIpc) is 2.46. The number of carbonyl (C=O) groups is 2. The van der Waals surface area contributed by atoms with Crippen molar-refractivity contribution in [1.82, 2.24) is 9.80 Å². The molecular formula is C15H16N2O2. The Hall–Kier alpha value is -2.28. The van der Waals surface area contributed by atoms with E-state index in [0.717, 1.165) is 5.56 Å². The number of hydrogen-bond acceptors (Lipinski definition) is 2. The fourth-order valence-corrected chi connectivity index (χ4v) is 1.95. The van der Waals surface area contributed by atoms with E-state index in [2.05, 4.69) is 11.8 Å². The van der Waals surface area contributed by atoms with Gasteiger partial charge in [0.15, 0.2) is 0 Å². The molecule has 2 amide bonds. The van der Waals surface area contributed by atoms with Crippen molar-refractivity contribution in [2.45, 2.75) is 6.92 Å². The van der Waals surface area contributed by atoms with Crippen LogP contribution >= 0.6 is 0 Å². The van der Waals surface area contributed by atoms with E-state index in [-0.39, 0.29) is 11.8 Å². The van der Waals surface area contributed by atoms with Gasteiger partial charge in [0.05, 0.1) is 0 Å². The summed E-state index contributed by atoms with van der Waals surface area (Å²) in [7, 11) is 0. The number of nitrogens with zero attached hydrogens (tertiary/aromatic N) is 2. The van der Waals surface area contributed by atoms with Crippen LogP contribution in [0.1, 0.15) is 12.5 Å². The molecule has 0 bridgehead atoms. The molecule has 0 radical (unpaired) electrons. The van der Waals surface area contributed by atoms with Crippen molar-refractivity contribution in [2.24, 2.45) is 0 Å². The van der Waals surface area contributed by atoms with Crippen LogP contribution in [-0.2, 0) is 9.59 Å². The molecule has 19 heavy (non-hydrogen) atoms. The number of piperazine rings is 1. The van der Waals surface area contributed by atoms with E-state index in [1.807, 2.05) is 30.3 Å². The van der Waals surface area contributed by atoms with E-state index in [0.29, 0.717) is 26.2 Å². The Bertz CT molecular complexity index is 520. The van der Waals surface area contributed by atoms with Crippen LogP contribution in [0.25, 0.3) is 0 Å². The summed E-state index contributed by atoms with van der Waals surface area (Å²) in [6.07, 6.45) is 0. The highest BCUT2D eigenvalue weighted by molar-refractivity contribution is 5.94. The maximum Gasteiger partial charge on any atom is 0.298 e. The molecule has 4 heteroatoms. The fourth-order valence-electron chi connectivity index (χ4n) is 1.95. The maximum atomic E-state index is 11.9. The second-order valence-electron chi connectivity index (χ2n) is 4.41. The van der Waals surface area contributed by atoms with Gasteiger partial charge in [-0.25, -0.2) is 0 Å². The first kappa shape index (κ1) is 13.2. The zero-order valence-corrected chi connectivity index (χ0v) is 10.9. The second-order valence-corrected chi connectivity index (χ2v) is 4.41. The smallest absolute Gasteiger partial charge is 0.298 e. The molecule has 0 atom stereocenters. The molecule has 0 saturated carbocycles. The Balaban J connectivity index is 1.92. The van der Waals surface area contributed by atoms with E-state index < -0.39 is 0 Å². The van der Waals surface area contributed by atoms with Gasteiger partial charge in [0.1, 0.15) is 0 Å². The molecule has 0 aromatic heterocycles. The first-order chi connectivity index (χ1) is 9.16. The monoisotopic (exact) mass is 256 g/mol. The minimum atomic E-state index is -0.174. The van der Waals surface area contributed by atoms with E-state index in [1.165, 1.54) is 0 Å². The number of hydrogen-bond donors (Lipinski definition) is 0. The molecule has 1 fully saturated rings. The van der Waals surface area contributed by atoms with Crippen LogP contribution in [-0.4, -0.2) is 47.8 Å². The van der Waals surface area contributed by atoms with Crippen molar-refractivity contribution in [3.05, 3.63) is 35.9 Å². The number of benzene rings is 1. The van der Waals surface area contributed by atoms with Crippen molar-refractivity contribution in [3.63, 3.8) is 0 Å². The van der Waals surface area contributed by atoms with Gasteiger partial charge < -0.3 is 9.80 Å². The van der Waals surface area contributed by atoms with Gasteiger partial charge in [-0.15, -0.1) is 0 Å². The van der Waals surface area contributed by atoms with Gasteiger partial charge >= 0.3 is 0 Å². The minimum Gasteiger partial charge on any atom is -0.339 e. The van der Waals surface area contributed by atoms with Gasteiger partial charge in [-0.1, -0.05) is 24.1 Å². The molecule has 0 aliphatic carbocycles. The average molecular weight is 256 g/mol. The van der Waals surface area contributed by atoms with E-state index in [1.54, 1.807) is 16.7 Å². The number of rotatable bonds is 0. The first-order valence-corrected chi connectivity index (χ1v) is 6.28. The van der Waals surface area contributed by atoms with Crippen LogP contribution in [0.2, 0.25) is 0 Å². The molecule has 1 aromatic carbocycles. The lowest BCUT2D eigenvalue weighted by Gasteiger charge is -2.33. The van der Waals surface area contributed by atoms with Crippen LogP contribution in [0.15, 0.2) is 30.3 Å². The Kier molecular flexibility index (Phi) is 4.19.